The Morgan fingerprint density at radius 1 is 1.17 bits per heavy atom. The molecule has 1 aliphatic heterocycles. The predicted molar refractivity (Wildman–Crippen MR) is 77.3 cm³/mol. The van der Waals surface area contributed by atoms with E-state index in [0.717, 1.165) is 38.4 Å². The van der Waals surface area contributed by atoms with E-state index in [2.05, 4.69) is 60.9 Å². The molecule has 0 unspecified atom stereocenters. The molecule has 2 heterocycles. The van der Waals surface area contributed by atoms with Gasteiger partial charge in [0, 0.05) is 32.4 Å². The number of hydrogen-bond donors (Lipinski definition) is 0. The van der Waals surface area contributed by atoms with E-state index < -0.39 is 0 Å². The first-order valence-corrected chi connectivity index (χ1v) is 6.93. The second-order valence-electron chi connectivity index (χ2n) is 5.93. The van der Waals surface area contributed by atoms with E-state index in [-0.39, 0.29) is 5.41 Å². The van der Waals surface area contributed by atoms with Gasteiger partial charge in [-0.25, -0.2) is 4.98 Å². The van der Waals surface area contributed by atoms with Crippen LogP contribution in [0.1, 0.15) is 32.8 Å². The van der Waals surface area contributed by atoms with Crippen LogP contribution in [0.3, 0.4) is 0 Å². The number of anilines is 1. The van der Waals surface area contributed by atoms with Crippen molar-refractivity contribution in [3.63, 3.8) is 0 Å². The molecule has 1 aliphatic rings. The Labute approximate surface area is 111 Å². The van der Waals surface area contributed by atoms with E-state index in [1.165, 1.54) is 5.56 Å². The fraction of sp³-hybridized carbons (Fsp3) is 0.667. The number of pyridine rings is 1. The van der Waals surface area contributed by atoms with Crippen molar-refractivity contribution in [1.29, 1.82) is 0 Å². The number of piperazine rings is 1. The summed E-state index contributed by atoms with van der Waals surface area (Å²) in [6.45, 7) is 11.2. The van der Waals surface area contributed by atoms with Crippen molar-refractivity contribution in [2.45, 2.75) is 32.6 Å². The van der Waals surface area contributed by atoms with E-state index in [4.69, 9.17) is 0 Å². The second kappa shape index (κ2) is 5.27. The fourth-order valence-corrected chi connectivity index (χ4v) is 2.21. The van der Waals surface area contributed by atoms with Gasteiger partial charge in [-0.15, -0.1) is 0 Å². The van der Waals surface area contributed by atoms with Crippen LogP contribution >= 0.6 is 0 Å². The van der Waals surface area contributed by atoms with E-state index in [0.29, 0.717) is 0 Å². The van der Waals surface area contributed by atoms with Crippen LogP contribution in [0.25, 0.3) is 0 Å². The maximum atomic E-state index is 4.65. The average molecular weight is 247 g/mol. The summed E-state index contributed by atoms with van der Waals surface area (Å²) in [5, 5.41) is 0. The van der Waals surface area contributed by atoms with Crippen LogP contribution in [0, 0.1) is 0 Å². The van der Waals surface area contributed by atoms with Gasteiger partial charge in [0.25, 0.3) is 0 Å². The highest BCUT2D eigenvalue weighted by Crippen LogP contribution is 2.27. The van der Waals surface area contributed by atoms with E-state index >= 15 is 0 Å². The highest BCUT2D eigenvalue weighted by Gasteiger charge is 2.20. The molecule has 1 fully saturated rings. The quantitative estimate of drug-likeness (QED) is 0.818. The fourth-order valence-electron chi connectivity index (χ4n) is 2.21. The molecule has 0 aliphatic carbocycles. The van der Waals surface area contributed by atoms with Crippen LogP contribution in [0.2, 0.25) is 0 Å². The first kappa shape index (κ1) is 13.3. The van der Waals surface area contributed by atoms with Crippen LogP contribution in [0.15, 0.2) is 18.3 Å². The molecule has 1 aromatic rings. The van der Waals surface area contributed by atoms with Crippen LogP contribution in [-0.4, -0.2) is 43.1 Å². The largest absolute Gasteiger partial charge is 0.354 e. The van der Waals surface area contributed by atoms with Crippen molar-refractivity contribution in [3.8, 4) is 0 Å². The van der Waals surface area contributed by atoms with Crippen molar-refractivity contribution in [2.75, 3.05) is 38.1 Å². The Morgan fingerprint density at radius 2 is 1.83 bits per heavy atom. The summed E-state index contributed by atoms with van der Waals surface area (Å²) in [7, 11) is 2.18. The topological polar surface area (TPSA) is 19.4 Å². The third-order valence-electron chi connectivity index (χ3n) is 4.24. The average Bonchev–Trinajstić information content (AvgIpc) is 2.40. The number of rotatable bonds is 3. The third-order valence-corrected chi connectivity index (χ3v) is 4.24. The van der Waals surface area contributed by atoms with E-state index in [9.17, 15) is 0 Å². The van der Waals surface area contributed by atoms with Gasteiger partial charge in [0.2, 0.25) is 0 Å². The summed E-state index contributed by atoms with van der Waals surface area (Å²) >= 11 is 0. The van der Waals surface area contributed by atoms with Gasteiger partial charge in [0.1, 0.15) is 5.82 Å². The van der Waals surface area contributed by atoms with Gasteiger partial charge < -0.3 is 9.80 Å². The highest BCUT2D eigenvalue weighted by atomic mass is 15.3. The minimum absolute atomic E-state index is 0.230. The lowest BCUT2D eigenvalue weighted by Crippen LogP contribution is -2.44. The zero-order valence-corrected chi connectivity index (χ0v) is 12.1. The first-order valence-electron chi connectivity index (χ1n) is 6.93. The molecule has 18 heavy (non-hydrogen) atoms. The van der Waals surface area contributed by atoms with Gasteiger partial charge in [-0.05, 0) is 30.5 Å². The normalized spacial score (nSPS) is 18.1. The van der Waals surface area contributed by atoms with Crippen molar-refractivity contribution in [3.05, 3.63) is 23.9 Å². The monoisotopic (exact) mass is 247 g/mol. The lowest BCUT2D eigenvalue weighted by atomic mass is 9.83. The Morgan fingerprint density at radius 3 is 2.33 bits per heavy atom. The molecule has 1 aromatic heterocycles. The van der Waals surface area contributed by atoms with Crippen molar-refractivity contribution < 1.29 is 0 Å². The summed E-state index contributed by atoms with van der Waals surface area (Å²) in [5.74, 6) is 1.12. The molecule has 3 heteroatoms. The molecule has 0 atom stereocenters. The number of hydrogen-bond acceptors (Lipinski definition) is 3. The van der Waals surface area contributed by atoms with Crippen molar-refractivity contribution in [2.24, 2.45) is 0 Å². The number of aromatic nitrogens is 1. The molecule has 0 aromatic carbocycles. The summed E-state index contributed by atoms with van der Waals surface area (Å²) in [4.78, 5) is 9.39. The molecular formula is C15H25N3. The van der Waals surface area contributed by atoms with Gasteiger partial charge in [0.05, 0.1) is 0 Å². The summed E-state index contributed by atoms with van der Waals surface area (Å²) in [6.07, 6.45) is 3.19. The molecule has 100 valence electrons. The summed E-state index contributed by atoms with van der Waals surface area (Å²) in [5.41, 5.74) is 1.57. The standard InChI is InChI=1S/C15H25N3/c1-5-15(2,3)13-6-7-14(16-12-13)18-10-8-17(4)9-11-18/h6-7,12H,5,8-11H2,1-4H3. The molecule has 0 amide bonds. The first-order chi connectivity index (χ1) is 8.53. The zero-order chi connectivity index (χ0) is 13.2. The van der Waals surface area contributed by atoms with Gasteiger partial charge in [-0.2, -0.15) is 0 Å². The minimum atomic E-state index is 0.230. The molecule has 2 rings (SSSR count). The Balaban J connectivity index is 2.08. The second-order valence-corrected chi connectivity index (χ2v) is 5.93. The van der Waals surface area contributed by atoms with Crippen LogP contribution in [-0.2, 0) is 5.41 Å². The Hall–Kier alpha value is -1.09. The predicted octanol–water partition coefficient (Wildman–Crippen LogP) is 2.52. The van der Waals surface area contributed by atoms with Crippen LogP contribution in [0.5, 0.6) is 0 Å². The van der Waals surface area contributed by atoms with Crippen LogP contribution < -0.4 is 4.90 Å². The molecule has 1 saturated heterocycles. The molecule has 0 radical (unpaired) electrons. The van der Waals surface area contributed by atoms with Gasteiger partial charge >= 0.3 is 0 Å². The molecule has 0 saturated carbocycles. The highest BCUT2D eigenvalue weighted by molar-refractivity contribution is 5.41. The SMILES string of the molecule is CCC(C)(C)c1ccc(N2CCN(C)CC2)nc1. The van der Waals surface area contributed by atoms with Crippen LogP contribution in [0.4, 0.5) is 5.82 Å². The smallest absolute Gasteiger partial charge is 0.128 e. The Bertz CT molecular complexity index is 375. The van der Waals surface area contributed by atoms with E-state index in [1.54, 1.807) is 0 Å². The molecular weight excluding hydrogens is 222 g/mol. The van der Waals surface area contributed by atoms with Crippen molar-refractivity contribution in [1.82, 2.24) is 9.88 Å². The number of nitrogens with zero attached hydrogens (tertiary/aromatic N) is 3. The maximum Gasteiger partial charge on any atom is 0.128 e. The van der Waals surface area contributed by atoms with Crippen molar-refractivity contribution >= 4 is 5.82 Å². The molecule has 0 N–H and O–H groups in total. The Kier molecular flexibility index (Phi) is 3.91. The lowest BCUT2D eigenvalue weighted by molar-refractivity contribution is 0.312. The molecule has 0 bridgehead atoms. The maximum absolute atomic E-state index is 4.65. The molecule has 0 spiro atoms. The number of likely N-dealkylation sites (N-methyl/N-ethyl adjacent to an activating group) is 1. The van der Waals surface area contributed by atoms with Gasteiger partial charge in [-0.3, -0.25) is 0 Å². The van der Waals surface area contributed by atoms with Gasteiger partial charge in [-0.1, -0.05) is 26.8 Å². The lowest BCUT2D eigenvalue weighted by Gasteiger charge is -2.33. The minimum Gasteiger partial charge on any atom is -0.354 e. The zero-order valence-electron chi connectivity index (χ0n) is 12.1. The summed E-state index contributed by atoms with van der Waals surface area (Å²) in [6, 6.07) is 4.42. The third kappa shape index (κ3) is 2.83. The summed E-state index contributed by atoms with van der Waals surface area (Å²) < 4.78 is 0. The molecule has 3 nitrogen and oxygen atoms in total. The van der Waals surface area contributed by atoms with E-state index in [1.807, 2.05) is 0 Å². The van der Waals surface area contributed by atoms with Gasteiger partial charge in [0.15, 0.2) is 0 Å².